The van der Waals surface area contributed by atoms with Crippen LogP contribution in [0.2, 0.25) is 0 Å². The quantitative estimate of drug-likeness (QED) is 0.773. The third-order valence-electron chi connectivity index (χ3n) is 5.31. The number of anilines is 2. The minimum atomic E-state index is -0.449. The Morgan fingerprint density at radius 1 is 0.933 bits per heavy atom. The number of esters is 1. The molecule has 0 bridgehead atoms. The molecule has 1 fully saturated rings. The molecule has 0 aromatic heterocycles. The predicted octanol–water partition coefficient (Wildman–Crippen LogP) is 2.25. The van der Waals surface area contributed by atoms with Crippen molar-refractivity contribution in [1.29, 1.82) is 0 Å². The summed E-state index contributed by atoms with van der Waals surface area (Å²) in [6.07, 6.45) is 0. The molecule has 2 aliphatic rings. The zero-order valence-corrected chi connectivity index (χ0v) is 17.1. The summed E-state index contributed by atoms with van der Waals surface area (Å²) >= 11 is 0. The fraction of sp³-hybridized carbons (Fsp3) is 0.364. The van der Waals surface area contributed by atoms with Gasteiger partial charge in [-0.3, -0.25) is 4.79 Å². The third-order valence-corrected chi connectivity index (χ3v) is 5.31. The molecule has 2 aromatic carbocycles. The van der Waals surface area contributed by atoms with Crippen LogP contribution >= 0.6 is 0 Å². The van der Waals surface area contributed by atoms with E-state index in [1.165, 1.54) is 7.11 Å². The summed E-state index contributed by atoms with van der Waals surface area (Å²) in [5.74, 6) is 0.444. The first kappa shape index (κ1) is 20.0. The van der Waals surface area contributed by atoms with Crippen molar-refractivity contribution in [1.82, 2.24) is 4.90 Å². The van der Waals surface area contributed by atoms with Crippen LogP contribution < -0.4 is 19.7 Å². The maximum Gasteiger partial charge on any atom is 0.337 e. The molecule has 0 unspecified atom stereocenters. The Hall–Kier alpha value is -3.26. The number of benzene rings is 2. The highest BCUT2D eigenvalue weighted by Crippen LogP contribution is 2.32. The van der Waals surface area contributed by atoms with Crippen LogP contribution in [-0.4, -0.2) is 70.3 Å². The largest absolute Gasteiger partial charge is 0.486 e. The number of ether oxygens (including phenoxy) is 3. The molecule has 0 spiro atoms. The fourth-order valence-electron chi connectivity index (χ4n) is 3.58. The van der Waals surface area contributed by atoms with E-state index in [4.69, 9.17) is 14.2 Å². The summed E-state index contributed by atoms with van der Waals surface area (Å²) in [5.41, 5.74) is 2.28. The van der Waals surface area contributed by atoms with Gasteiger partial charge < -0.3 is 29.3 Å². The number of likely N-dealkylation sites (N-methyl/N-ethyl adjacent to an activating group) is 1. The average molecular weight is 411 g/mol. The van der Waals surface area contributed by atoms with Crippen molar-refractivity contribution in [2.75, 3.05) is 63.8 Å². The maximum absolute atomic E-state index is 13.0. The molecule has 1 saturated heterocycles. The lowest BCUT2D eigenvalue weighted by molar-refractivity contribution is 0.0600. The van der Waals surface area contributed by atoms with Gasteiger partial charge in [-0.25, -0.2) is 4.79 Å². The smallest absolute Gasteiger partial charge is 0.337 e. The predicted molar refractivity (Wildman–Crippen MR) is 113 cm³/mol. The Morgan fingerprint density at radius 2 is 1.63 bits per heavy atom. The molecule has 1 N–H and O–H groups in total. The van der Waals surface area contributed by atoms with E-state index in [0.717, 1.165) is 31.9 Å². The van der Waals surface area contributed by atoms with Crippen LogP contribution in [-0.2, 0) is 4.74 Å². The molecule has 0 saturated carbocycles. The first-order chi connectivity index (χ1) is 14.5. The number of hydrogen-bond acceptors (Lipinski definition) is 7. The van der Waals surface area contributed by atoms with Gasteiger partial charge in [0.05, 0.1) is 24.0 Å². The van der Waals surface area contributed by atoms with Gasteiger partial charge >= 0.3 is 5.97 Å². The lowest BCUT2D eigenvalue weighted by atomic mass is 10.1. The summed E-state index contributed by atoms with van der Waals surface area (Å²) in [6, 6.07) is 10.3. The van der Waals surface area contributed by atoms with E-state index in [1.807, 2.05) is 6.07 Å². The highest BCUT2D eigenvalue weighted by atomic mass is 16.6. The second-order valence-corrected chi connectivity index (χ2v) is 7.33. The molecule has 2 aliphatic heterocycles. The normalized spacial score (nSPS) is 16.1. The molecule has 8 nitrogen and oxygen atoms in total. The number of carbonyl (C=O) groups is 2. The molecule has 2 heterocycles. The highest BCUT2D eigenvalue weighted by molar-refractivity contribution is 6.07. The van der Waals surface area contributed by atoms with E-state index < -0.39 is 5.97 Å². The number of nitrogens with one attached hydrogen (secondary N) is 1. The van der Waals surface area contributed by atoms with Gasteiger partial charge in [-0.05, 0) is 43.4 Å². The van der Waals surface area contributed by atoms with E-state index in [0.29, 0.717) is 41.5 Å². The minimum absolute atomic E-state index is 0.288. The van der Waals surface area contributed by atoms with Crippen LogP contribution in [0, 0.1) is 0 Å². The van der Waals surface area contributed by atoms with Crippen LogP contribution in [0.3, 0.4) is 0 Å². The van der Waals surface area contributed by atoms with Gasteiger partial charge in [-0.15, -0.1) is 0 Å². The summed E-state index contributed by atoms with van der Waals surface area (Å²) in [4.78, 5) is 29.5. The number of carbonyl (C=O) groups excluding carboxylic acids is 2. The van der Waals surface area contributed by atoms with E-state index >= 15 is 0 Å². The van der Waals surface area contributed by atoms with Crippen molar-refractivity contribution >= 4 is 23.3 Å². The molecule has 8 heteroatoms. The standard InChI is InChI=1S/C22H25N3O5/c1-24-7-9-25(10-8-24)18-5-3-16(22(27)28-2)13-17(18)23-21(26)15-4-6-19-20(14-15)30-12-11-29-19/h3-6,13-14H,7-12H2,1-2H3,(H,23,26). The molecule has 4 rings (SSSR count). The first-order valence-corrected chi connectivity index (χ1v) is 9.92. The monoisotopic (exact) mass is 411 g/mol. The second-order valence-electron chi connectivity index (χ2n) is 7.33. The van der Waals surface area contributed by atoms with Gasteiger partial charge in [0.15, 0.2) is 11.5 Å². The summed E-state index contributed by atoms with van der Waals surface area (Å²) in [6.45, 7) is 4.46. The molecular weight excluding hydrogens is 386 g/mol. The molecule has 2 aromatic rings. The Bertz CT molecular complexity index is 954. The zero-order chi connectivity index (χ0) is 21.1. The van der Waals surface area contributed by atoms with Gasteiger partial charge in [-0.1, -0.05) is 0 Å². The second kappa shape index (κ2) is 8.62. The summed E-state index contributed by atoms with van der Waals surface area (Å²) < 4.78 is 15.9. The highest BCUT2D eigenvalue weighted by Gasteiger charge is 2.21. The fourth-order valence-corrected chi connectivity index (χ4v) is 3.58. The molecule has 1 amide bonds. The van der Waals surface area contributed by atoms with E-state index in [9.17, 15) is 9.59 Å². The maximum atomic E-state index is 13.0. The number of amides is 1. The Kier molecular flexibility index (Phi) is 5.76. The van der Waals surface area contributed by atoms with Crippen LogP contribution in [0.4, 0.5) is 11.4 Å². The molecule has 0 radical (unpaired) electrons. The van der Waals surface area contributed by atoms with Crippen molar-refractivity contribution in [3.05, 3.63) is 47.5 Å². The molecule has 0 atom stereocenters. The lowest BCUT2D eigenvalue weighted by Crippen LogP contribution is -2.44. The van der Waals surface area contributed by atoms with E-state index in [1.54, 1.807) is 30.3 Å². The Labute approximate surface area is 175 Å². The summed E-state index contributed by atoms with van der Waals surface area (Å²) in [5, 5.41) is 2.96. The van der Waals surface area contributed by atoms with Crippen molar-refractivity contribution in [2.24, 2.45) is 0 Å². The van der Waals surface area contributed by atoms with Gasteiger partial charge in [0.25, 0.3) is 5.91 Å². The molecule has 158 valence electrons. The zero-order valence-electron chi connectivity index (χ0n) is 17.1. The topological polar surface area (TPSA) is 80.3 Å². The van der Waals surface area contributed by atoms with Crippen molar-refractivity contribution in [2.45, 2.75) is 0 Å². The minimum Gasteiger partial charge on any atom is -0.486 e. The van der Waals surface area contributed by atoms with Crippen molar-refractivity contribution < 1.29 is 23.8 Å². The average Bonchev–Trinajstić information content (AvgIpc) is 2.78. The number of piperazine rings is 1. The van der Waals surface area contributed by atoms with Gasteiger partial charge in [-0.2, -0.15) is 0 Å². The Morgan fingerprint density at radius 3 is 2.37 bits per heavy atom. The number of methoxy groups -OCH3 is 1. The first-order valence-electron chi connectivity index (χ1n) is 9.92. The van der Waals surface area contributed by atoms with Gasteiger partial charge in [0.2, 0.25) is 0 Å². The molecular formula is C22H25N3O5. The lowest BCUT2D eigenvalue weighted by Gasteiger charge is -2.35. The van der Waals surface area contributed by atoms with E-state index in [-0.39, 0.29) is 5.91 Å². The van der Waals surface area contributed by atoms with Gasteiger partial charge in [0, 0.05) is 31.7 Å². The van der Waals surface area contributed by atoms with Crippen LogP contribution in [0.15, 0.2) is 36.4 Å². The van der Waals surface area contributed by atoms with Crippen molar-refractivity contribution in [3.63, 3.8) is 0 Å². The number of fused-ring (bicyclic) bond motifs is 1. The van der Waals surface area contributed by atoms with Crippen LogP contribution in [0.5, 0.6) is 11.5 Å². The van der Waals surface area contributed by atoms with Crippen LogP contribution in [0.25, 0.3) is 0 Å². The van der Waals surface area contributed by atoms with Gasteiger partial charge in [0.1, 0.15) is 13.2 Å². The number of hydrogen-bond donors (Lipinski definition) is 1. The SMILES string of the molecule is COC(=O)c1ccc(N2CCN(C)CC2)c(NC(=O)c2ccc3c(c2)OCCO3)c1. The van der Waals surface area contributed by atoms with Crippen molar-refractivity contribution in [3.8, 4) is 11.5 Å². The summed E-state index contributed by atoms with van der Waals surface area (Å²) in [7, 11) is 3.42. The molecule has 30 heavy (non-hydrogen) atoms. The number of rotatable bonds is 4. The molecule has 0 aliphatic carbocycles. The Balaban J connectivity index is 1.62. The van der Waals surface area contributed by atoms with Crippen LogP contribution in [0.1, 0.15) is 20.7 Å². The number of nitrogens with zero attached hydrogens (tertiary/aromatic N) is 2. The third kappa shape index (κ3) is 4.18. The van der Waals surface area contributed by atoms with E-state index in [2.05, 4.69) is 22.2 Å².